The van der Waals surface area contributed by atoms with E-state index in [2.05, 4.69) is 5.32 Å². The standard InChI is InChI=1S/C15H18N2O3/c1-17-14(19)8-7-12(15(17)20)16-11-6-5-10-9(11)3-2-4-13(10)18/h2-4,11-12,16,18H,5-8H2,1H3. The van der Waals surface area contributed by atoms with E-state index in [9.17, 15) is 14.7 Å². The number of piperidine rings is 1. The number of benzene rings is 1. The molecule has 1 aromatic carbocycles. The Hall–Kier alpha value is -1.88. The van der Waals surface area contributed by atoms with Gasteiger partial charge < -0.3 is 5.11 Å². The topological polar surface area (TPSA) is 69.6 Å². The molecule has 2 aliphatic rings. The highest BCUT2D eigenvalue weighted by molar-refractivity contribution is 6.00. The van der Waals surface area contributed by atoms with Crippen LogP contribution in [0.25, 0.3) is 0 Å². The molecule has 106 valence electrons. The molecule has 0 aromatic heterocycles. The van der Waals surface area contributed by atoms with Crippen LogP contribution in [0.5, 0.6) is 5.75 Å². The Labute approximate surface area is 117 Å². The van der Waals surface area contributed by atoms with Gasteiger partial charge in [-0.15, -0.1) is 0 Å². The number of likely N-dealkylation sites (tertiary alicyclic amines) is 1. The van der Waals surface area contributed by atoms with Crippen LogP contribution in [0.4, 0.5) is 0 Å². The monoisotopic (exact) mass is 274 g/mol. The number of carbonyl (C=O) groups is 2. The first-order valence-corrected chi connectivity index (χ1v) is 6.95. The van der Waals surface area contributed by atoms with Crippen LogP contribution in [0.3, 0.4) is 0 Å². The van der Waals surface area contributed by atoms with E-state index in [4.69, 9.17) is 0 Å². The van der Waals surface area contributed by atoms with Crippen molar-refractivity contribution in [3.8, 4) is 5.75 Å². The molecule has 1 heterocycles. The fourth-order valence-corrected chi connectivity index (χ4v) is 3.12. The minimum absolute atomic E-state index is 0.0765. The first-order valence-electron chi connectivity index (χ1n) is 6.95. The Morgan fingerprint density at radius 2 is 1.95 bits per heavy atom. The lowest BCUT2D eigenvalue weighted by Gasteiger charge is -2.30. The maximum Gasteiger partial charge on any atom is 0.246 e. The van der Waals surface area contributed by atoms with Crippen molar-refractivity contribution in [2.75, 3.05) is 7.05 Å². The van der Waals surface area contributed by atoms with E-state index < -0.39 is 0 Å². The third kappa shape index (κ3) is 2.08. The zero-order chi connectivity index (χ0) is 14.3. The molecule has 2 amide bonds. The van der Waals surface area contributed by atoms with Crippen molar-refractivity contribution in [1.82, 2.24) is 10.2 Å². The molecule has 0 spiro atoms. The average Bonchev–Trinajstić information content (AvgIpc) is 2.84. The van der Waals surface area contributed by atoms with Crippen molar-refractivity contribution >= 4 is 11.8 Å². The Bertz CT molecular complexity index is 570. The van der Waals surface area contributed by atoms with Crippen molar-refractivity contribution in [3.63, 3.8) is 0 Å². The Morgan fingerprint density at radius 1 is 1.20 bits per heavy atom. The van der Waals surface area contributed by atoms with Gasteiger partial charge in [-0.25, -0.2) is 0 Å². The van der Waals surface area contributed by atoms with Crippen LogP contribution in [-0.4, -0.2) is 34.9 Å². The third-order valence-electron chi connectivity index (χ3n) is 4.30. The zero-order valence-electron chi connectivity index (χ0n) is 11.4. The number of phenols is 1. The summed E-state index contributed by atoms with van der Waals surface area (Å²) in [5.41, 5.74) is 2.04. The molecule has 1 aliphatic heterocycles. The molecule has 1 saturated heterocycles. The molecule has 1 fully saturated rings. The van der Waals surface area contributed by atoms with E-state index >= 15 is 0 Å². The Morgan fingerprint density at radius 3 is 2.75 bits per heavy atom. The van der Waals surface area contributed by atoms with Crippen LogP contribution in [-0.2, 0) is 16.0 Å². The number of likely N-dealkylation sites (N-methyl/N-ethyl adjacent to an activating group) is 1. The van der Waals surface area contributed by atoms with Gasteiger partial charge in [0, 0.05) is 19.5 Å². The second-order valence-electron chi connectivity index (χ2n) is 5.49. The molecular formula is C15H18N2O3. The predicted molar refractivity (Wildman–Crippen MR) is 73.1 cm³/mol. The molecule has 0 bridgehead atoms. The van der Waals surface area contributed by atoms with Gasteiger partial charge in [0.15, 0.2) is 0 Å². The van der Waals surface area contributed by atoms with Crippen LogP contribution >= 0.6 is 0 Å². The normalized spacial score (nSPS) is 25.9. The largest absolute Gasteiger partial charge is 0.508 e. The summed E-state index contributed by atoms with van der Waals surface area (Å²) >= 11 is 0. The first-order chi connectivity index (χ1) is 9.58. The number of aromatic hydroxyl groups is 1. The minimum atomic E-state index is -0.309. The van der Waals surface area contributed by atoms with Crippen molar-refractivity contribution in [1.29, 1.82) is 0 Å². The second-order valence-corrected chi connectivity index (χ2v) is 5.49. The molecule has 2 unspecified atom stereocenters. The zero-order valence-corrected chi connectivity index (χ0v) is 11.4. The number of nitrogens with one attached hydrogen (secondary N) is 1. The van der Waals surface area contributed by atoms with Crippen molar-refractivity contribution < 1.29 is 14.7 Å². The molecule has 2 atom stereocenters. The molecule has 0 saturated carbocycles. The number of amides is 2. The van der Waals surface area contributed by atoms with Crippen molar-refractivity contribution in [2.45, 2.75) is 37.8 Å². The highest BCUT2D eigenvalue weighted by Crippen LogP contribution is 2.36. The fourth-order valence-electron chi connectivity index (χ4n) is 3.12. The third-order valence-corrected chi connectivity index (χ3v) is 4.30. The van der Waals surface area contributed by atoms with E-state index in [1.807, 2.05) is 12.1 Å². The fraction of sp³-hybridized carbons (Fsp3) is 0.467. The summed E-state index contributed by atoms with van der Waals surface area (Å²) in [5.74, 6) is 0.0569. The quantitative estimate of drug-likeness (QED) is 0.793. The molecular weight excluding hydrogens is 256 g/mol. The highest BCUT2D eigenvalue weighted by Gasteiger charge is 2.35. The number of phenolic OH excluding ortho intramolecular Hbond substituents is 1. The van der Waals surface area contributed by atoms with Crippen LogP contribution in [0.2, 0.25) is 0 Å². The Kier molecular flexibility index (Phi) is 3.22. The minimum Gasteiger partial charge on any atom is -0.508 e. The van der Waals surface area contributed by atoms with Gasteiger partial charge in [-0.1, -0.05) is 12.1 Å². The molecule has 0 radical (unpaired) electrons. The smallest absolute Gasteiger partial charge is 0.246 e. The number of hydrogen-bond acceptors (Lipinski definition) is 4. The van der Waals surface area contributed by atoms with Gasteiger partial charge >= 0.3 is 0 Å². The SMILES string of the molecule is CN1C(=O)CCC(NC2CCc3c(O)cccc32)C1=O. The van der Waals surface area contributed by atoms with Gasteiger partial charge in [0.2, 0.25) is 11.8 Å². The van der Waals surface area contributed by atoms with Crippen molar-refractivity contribution in [3.05, 3.63) is 29.3 Å². The maximum absolute atomic E-state index is 12.1. The van der Waals surface area contributed by atoms with Crippen LogP contribution in [0.1, 0.15) is 36.4 Å². The van der Waals surface area contributed by atoms with Crippen LogP contribution in [0, 0.1) is 0 Å². The first kappa shape index (κ1) is 13.1. The van der Waals surface area contributed by atoms with E-state index in [-0.39, 0.29) is 23.9 Å². The number of nitrogens with zero attached hydrogens (tertiary/aromatic N) is 1. The summed E-state index contributed by atoms with van der Waals surface area (Å²) in [4.78, 5) is 24.8. The average molecular weight is 274 g/mol. The number of rotatable bonds is 2. The molecule has 20 heavy (non-hydrogen) atoms. The summed E-state index contributed by atoms with van der Waals surface area (Å²) in [6, 6.07) is 5.28. The molecule has 5 nitrogen and oxygen atoms in total. The second kappa shape index (κ2) is 4.90. The van der Waals surface area contributed by atoms with Crippen LogP contribution in [0.15, 0.2) is 18.2 Å². The molecule has 1 aliphatic carbocycles. The lowest BCUT2D eigenvalue weighted by atomic mass is 10.0. The number of hydrogen-bond donors (Lipinski definition) is 2. The molecule has 5 heteroatoms. The van der Waals surface area contributed by atoms with Crippen molar-refractivity contribution in [2.24, 2.45) is 0 Å². The van der Waals surface area contributed by atoms with Gasteiger partial charge in [0.05, 0.1) is 6.04 Å². The lowest BCUT2D eigenvalue weighted by Crippen LogP contribution is -2.52. The van der Waals surface area contributed by atoms with Gasteiger partial charge in [0.25, 0.3) is 0 Å². The number of carbonyl (C=O) groups excluding carboxylic acids is 2. The predicted octanol–water partition coefficient (Wildman–Crippen LogP) is 1.12. The lowest BCUT2D eigenvalue weighted by molar-refractivity contribution is -0.148. The van der Waals surface area contributed by atoms with E-state index in [0.29, 0.717) is 18.6 Å². The van der Waals surface area contributed by atoms with E-state index in [0.717, 1.165) is 24.0 Å². The summed E-state index contributed by atoms with van der Waals surface area (Å²) in [7, 11) is 1.53. The van der Waals surface area contributed by atoms with Gasteiger partial charge in [-0.3, -0.25) is 19.8 Å². The summed E-state index contributed by atoms with van der Waals surface area (Å²) in [5, 5.41) is 13.2. The molecule has 1 aromatic rings. The van der Waals surface area contributed by atoms with Gasteiger partial charge in [-0.2, -0.15) is 0 Å². The van der Waals surface area contributed by atoms with Gasteiger partial charge in [0.1, 0.15) is 5.75 Å². The van der Waals surface area contributed by atoms with Gasteiger partial charge in [-0.05, 0) is 36.5 Å². The molecule has 2 N–H and O–H groups in total. The summed E-state index contributed by atoms with van der Waals surface area (Å²) in [6.07, 6.45) is 2.63. The van der Waals surface area contributed by atoms with E-state index in [1.165, 1.54) is 11.9 Å². The maximum atomic E-state index is 12.1. The Balaban J connectivity index is 1.76. The molecule has 3 rings (SSSR count). The summed E-state index contributed by atoms with van der Waals surface area (Å²) in [6.45, 7) is 0. The summed E-state index contributed by atoms with van der Waals surface area (Å²) < 4.78 is 0. The number of fused-ring (bicyclic) bond motifs is 1. The number of imide groups is 1. The van der Waals surface area contributed by atoms with Crippen LogP contribution < -0.4 is 5.32 Å². The van der Waals surface area contributed by atoms with E-state index in [1.54, 1.807) is 6.07 Å². The highest BCUT2D eigenvalue weighted by atomic mass is 16.3.